The molecule has 0 saturated heterocycles. The molecule has 2 aromatic rings. The Labute approximate surface area is 157 Å². The zero-order valence-electron chi connectivity index (χ0n) is 14.4. The average molecular weight is 438 g/mol. The first-order valence-electron chi connectivity index (χ1n) is 7.96. The van der Waals surface area contributed by atoms with Crippen LogP contribution < -0.4 is 15.4 Å². The number of para-hydroxylation sites is 1. The quantitative estimate of drug-likeness (QED) is 0.494. The Bertz CT molecular complexity index is 716. The molecule has 0 spiro atoms. The third kappa shape index (κ3) is 5.12. The number of anilines is 1. The van der Waals surface area contributed by atoms with E-state index >= 15 is 0 Å². The summed E-state index contributed by atoms with van der Waals surface area (Å²) in [5.41, 5.74) is 2.94. The van der Waals surface area contributed by atoms with Gasteiger partial charge < -0.3 is 15.4 Å². The molecular weight excluding hydrogens is 415 g/mol. The molecule has 2 amide bonds. The average Bonchev–Trinajstić information content (AvgIpc) is 2.50. The number of urea groups is 1. The van der Waals surface area contributed by atoms with Gasteiger partial charge in [-0.2, -0.15) is 0 Å². The van der Waals surface area contributed by atoms with E-state index in [4.69, 9.17) is 4.74 Å². The summed E-state index contributed by atoms with van der Waals surface area (Å²) in [5, 5.41) is 5.67. The number of carbonyl (C=O) groups is 1. The van der Waals surface area contributed by atoms with E-state index in [9.17, 15) is 4.79 Å². The summed E-state index contributed by atoms with van der Waals surface area (Å²) in [6.07, 6.45) is -0.436. The third-order valence-corrected chi connectivity index (χ3v) is 4.29. The molecule has 4 nitrogen and oxygen atoms in total. The van der Waals surface area contributed by atoms with Gasteiger partial charge in [-0.15, -0.1) is 0 Å². The lowest BCUT2D eigenvalue weighted by atomic mass is 10.0. The molecule has 0 saturated carbocycles. The minimum Gasteiger partial charge on any atom is -0.471 e. The molecule has 0 radical (unpaired) electrons. The predicted molar refractivity (Wildman–Crippen MR) is 107 cm³/mol. The van der Waals surface area contributed by atoms with Crippen LogP contribution in [-0.2, 0) is 0 Å². The van der Waals surface area contributed by atoms with Crippen LogP contribution >= 0.6 is 22.6 Å². The van der Waals surface area contributed by atoms with Crippen LogP contribution in [0.15, 0.2) is 42.5 Å². The van der Waals surface area contributed by atoms with Gasteiger partial charge in [0.25, 0.3) is 0 Å². The SMILES string of the molecule is Cc1cc(I)ccc1NC(=O)NC(C)Oc1ccccc1C(C)C. The Balaban J connectivity index is 1.97. The first kappa shape index (κ1) is 18.6. The number of halogens is 1. The molecular formula is C19H23IN2O2. The van der Waals surface area contributed by atoms with E-state index in [0.29, 0.717) is 5.92 Å². The lowest BCUT2D eigenvalue weighted by Gasteiger charge is -2.20. The number of amides is 2. The fraction of sp³-hybridized carbons (Fsp3) is 0.316. The van der Waals surface area contributed by atoms with Gasteiger partial charge in [-0.3, -0.25) is 0 Å². The molecule has 0 heterocycles. The van der Waals surface area contributed by atoms with Crippen molar-refractivity contribution in [2.24, 2.45) is 0 Å². The Hall–Kier alpha value is -1.76. The second-order valence-electron chi connectivity index (χ2n) is 6.01. The van der Waals surface area contributed by atoms with Crippen molar-refractivity contribution in [3.05, 3.63) is 57.2 Å². The highest BCUT2D eigenvalue weighted by atomic mass is 127. The molecule has 2 aromatic carbocycles. The molecule has 2 rings (SSSR count). The number of benzene rings is 2. The maximum absolute atomic E-state index is 12.2. The first-order chi connectivity index (χ1) is 11.4. The van der Waals surface area contributed by atoms with Crippen LogP contribution in [0.4, 0.5) is 10.5 Å². The second kappa shape index (κ2) is 8.37. The highest BCUT2D eigenvalue weighted by Gasteiger charge is 2.13. The zero-order valence-corrected chi connectivity index (χ0v) is 16.5. The number of carbonyl (C=O) groups excluding carboxylic acids is 1. The Kier molecular flexibility index (Phi) is 6.48. The lowest BCUT2D eigenvalue weighted by Crippen LogP contribution is -2.39. The number of ether oxygens (including phenoxy) is 1. The summed E-state index contributed by atoms with van der Waals surface area (Å²) < 4.78 is 7.03. The van der Waals surface area contributed by atoms with Crippen molar-refractivity contribution >= 4 is 34.3 Å². The molecule has 0 aliphatic heterocycles. The summed E-state index contributed by atoms with van der Waals surface area (Å²) in [6.45, 7) is 8.02. The van der Waals surface area contributed by atoms with Crippen LogP contribution in [0.25, 0.3) is 0 Å². The summed E-state index contributed by atoms with van der Waals surface area (Å²) in [4.78, 5) is 12.2. The molecule has 0 aromatic heterocycles. The number of hydrogen-bond acceptors (Lipinski definition) is 2. The van der Waals surface area contributed by atoms with Gasteiger partial charge in [0.2, 0.25) is 0 Å². The van der Waals surface area contributed by atoms with Gasteiger partial charge in [0, 0.05) is 9.26 Å². The van der Waals surface area contributed by atoms with Gasteiger partial charge in [0.15, 0.2) is 6.23 Å². The van der Waals surface area contributed by atoms with E-state index < -0.39 is 6.23 Å². The predicted octanol–water partition coefficient (Wildman–Crippen LogP) is 5.27. The Morgan fingerprint density at radius 3 is 2.50 bits per heavy atom. The highest BCUT2D eigenvalue weighted by molar-refractivity contribution is 14.1. The van der Waals surface area contributed by atoms with Gasteiger partial charge in [-0.1, -0.05) is 32.0 Å². The Morgan fingerprint density at radius 2 is 1.83 bits per heavy atom. The number of hydrogen-bond donors (Lipinski definition) is 2. The van der Waals surface area contributed by atoms with Gasteiger partial charge >= 0.3 is 6.03 Å². The van der Waals surface area contributed by atoms with Crippen LogP contribution in [0.2, 0.25) is 0 Å². The van der Waals surface area contributed by atoms with Crippen molar-refractivity contribution in [2.45, 2.75) is 39.8 Å². The van der Waals surface area contributed by atoms with Gasteiger partial charge in [0.05, 0.1) is 0 Å². The zero-order chi connectivity index (χ0) is 17.7. The molecule has 0 aliphatic rings. The van der Waals surface area contributed by atoms with E-state index in [1.165, 1.54) is 0 Å². The largest absolute Gasteiger partial charge is 0.471 e. The van der Waals surface area contributed by atoms with Crippen molar-refractivity contribution in [2.75, 3.05) is 5.32 Å². The van der Waals surface area contributed by atoms with Crippen LogP contribution in [-0.4, -0.2) is 12.3 Å². The molecule has 1 atom stereocenters. The first-order valence-corrected chi connectivity index (χ1v) is 9.04. The molecule has 0 fully saturated rings. The second-order valence-corrected chi connectivity index (χ2v) is 7.26. The van der Waals surface area contributed by atoms with Crippen LogP contribution in [0.1, 0.15) is 37.8 Å². The van der Waals surface area contributed by atoms with Crippen LogP contribution in [0, 0.1) is 10.5 Å². The van der Waals surface area contributed by atoms with Crippen molar-refractivity contribution in [3.8, 4) is 5.75 Å². The van der Waals surface area contributed by atoms with E-state index in [-0.39, 0.29) is 6.03 Å². The highest BCUT2D eigenvalue weighted by Crippen LogP contribution is 2.26. The van der Waals surface area contributed by atoms with E-state index in [1.54, 1.807) is 0 Å². The normalized spacial score (nSPS) is 11.9. The Morgan fingerprint density at radius 1 is 1.12 bits per heavy atom. The maximum atomic E-state index is 12.2. The topological polar surface area (TPSA) is 50.4 Å². The number of rotatable bonds is 5. The van der Waals surface area contributed by atoms with E-state index in [1.807, 2.05) is 56.3 Å². The molecule has 0 aliphatic carbocycles. The van der Waals surface area contributed by atoms with E-state index in [0.717, 1.165) is 26.1 Å². The molecule has 128 valence electrons. The molecule has 0 bridgehead atoms. The summed E-state index contributed by atoms with van der Waals surface area (Å²) >= 11 is 2.25. The maximum Gasteiger partial charge on any atom is 0.322 e. The van der Waals surface area contributed by atoms with Gasteiger partial charge in [-0.25, -0.2) is 4.79 Å². The minimum atomic E-state index is -0.436. The summed E-state index contributed by atoms with van der Waals surface area (Å²) in [6, 6.07) is 13.5. The standard InChI is InChI=1S/C19H23IN2O2/c1-12(2)16-7-5-6-8-18(16)24-14(4)21-19(23)22-17-10-9-15(20)11-13(17)3/h5-12,14H,1-4H3,(H2,21,22,23). The monoisotopic (exact) mass is 438 g/mol. The fourth-order valence-electron chi connectivity index (χ4n) is 2.40. The van der Waals surface area contributed by atoms with Crippen molar-refractivity contribution in [1.82, 2.24) is 5.32 Å². The summed E-state index contributed by atoms with van der Waals surface area (Å²) in [7, 11) is 0. The smallest absolute Gasteiger partial charge is 0.322 e. The molecule has 2 N–H and O–H groups in total. The molecule has 5 heteroatoms. The van der Waals surface area contributed by atoms with Crippen molar-refractivity contribution in [3.63, 3.8) is 0 Å². The lowest BCUT2D eigenvalue weighted by molar-refractivity contribution is 0.181. The van der Waals surface area contributed by atoms with Crippen LogP contribution in [0.5, 0.6) is 5.75 Å². The van der Waals surface area contributed by atoms with Gasteiger partial charge in [-0.05, 0) is 77.7 Å². The van der Waals surface area contributed by atoms with Crippen LogP contribution in [0.3, 0.4) is 0 Å². The number of nitrogens with one attached hydrogen (secondary N) is 2. The minimum absolute atomic E-state index is 0.283. The van der Waals surface area contributed by atoms with Crippen molar-refractivity contribution < 1.29 is 9.53 Å². The third-order valence-electron chi connectivity index (χ3n) is 3.62. The molecule has 1 unspecified atom stereocenters. The fourth-order valence-corrected chi connectivity index (χ4v) is 3.04. The molecule has 24 heavy (non-hydrogen) atoms. The number of aryl methyl sites for hydroxylation is 1. The van der Waals surface area contributed by atoms with Crippen molar-refractivity contribution in [1.29, 1.82) is 0 Å². The summed E-state index contributed by atoms with van der Waals surface area (Å²) in [5.74, 6) is 1.16. The van der Waals surface area contributed by atoms with E-state index in [2.05, 4.69) is 47.1 Å². The van der Waals surface area contributed by atoms with Gasteiger partial charge in [0.1, 0.15) is 5.75 Å².